The zero-order valence-corrected chi connectivity index (χ0v) is 36.4. The number of hydrogen-bond donors (Lipinski definition) is 2. The van der Waals surface area contributed by atoms with E-state index in [0.717, 1.165) is 94.6 Å². The summed E-state index contributed by atoms with van der Waals surface area (Å²) in [4.78, 5) is 18.8. The summed E-state index contributed by atoms with van der Waals surface area (Å²) in [6, 6.07) is 35.0. The van der Waals surface area contributed by atoms with Crippen LogP contribution in [0.25, 0.3) is 77.0 Å². The summed E-state index contributed by atoms with van der Waals surface area (Å²) in [5.74, 6) is 7.12. The highest BCUT2D eigenvalue weighted by molar-refractivity contribution is 6.05. The maximum absolute atomic E-state index is 5.49. The highest BCUT2D eigenvalue weighted by Crippen LogP contribution is 2.42. The lowest BCUT2D eigenvalue weighted by Gasteiger charge is -2.10. The topological polar surface area (TPSA) is 57.4 Å². The number of aryl methyl sites for hydroxylation is 4. The molecule has 4 heteroatoms. The quantitative estimate of drug-likeness (QED) is 0.125. The number of benzene rings is 4. The third-order valence-electron chi connectivity index (χ3n) is 13.1. The number of aromatic nitrogens is 4. The van der Waals surface area contributed by atoms with Crippen molar-refractivity contribution in [3.63, 3.8) is 0 Å². The zero-order chi connectivity index (χ0) is 41.7. The van der Waals surface area contributed by atoms with Gasteiger partial charge in [-0.05, 0) is 175 Å². The van der Waals surface area contributed by atoms with Gasteiger partial charge in [-0.2, -0.15) is 0 Å². The fraction of sp³-hybridized carbons (Fsp3) is 0.250. The maximum atomic E-state index is 5.49. The van der Waals surface area contributed by atoms with E-state index in [1.54, 1.807) is 0 Å². The number of H-pyrrole nitrogens is 2. The highest BCUT2D eigenvalue weighted by atomic mass is 14.8. The molecule has 3 aromatic heterocycles. The van der Waals surface area contributed by atoms with Crippen molar-refractivity contribution in [3.8, 4) is 23.0 Å². The van der Waals surface area contributed by atoms with Gasteiger partial charge in [0.05, 0.1) is 22.8 Å². The molecule has 2 aliphatic heterocycles. The van der Waals surface area contributed by atoms with Crippen LogP contribution >= 0.6 is 0 Å². The molecule has 0 amide bonds. The van der Waals surface area contributed by atoms with E-state index in [9.17, 15) is 0 Å². The summed E-state index contributed by atoms with van der Waals surface area (Å²) in [7, 11) is 0. The number of rotatable bonds is 7. The van der Waals surface area contributed by atoms with Gasteiger partial charge in [-0.25, -0.2) is 9.97 Å². The van der Waals surface area contributed by atoms with Crippen molar-refractivity contribution in [1.82, 2.24) is 19.9 Å². The Morgan fingerprint density at radius 2 is 0.983 bits per heavy atom. The first kappa shape index (κ1) is 39.0. The van der Waals surface area contributed by atoms with Gasteiger partial charge in [0.2, 0.25) is 0 Å². The summed E-state index contributed by atoms with van der Waals surface area (Å²) >= 11 is 0. The minimum atomic E-state index is 0.963. The molecular formula is C56H54N4. The molecule has 0 fully saturated rings. The predicted octanol–water partition coefficient (Wildman–Crippen LogP) is 14.9. The van der Waals surface area contributed by atoms with Crippen molar-refractivity contribution in [2.75, 3.05) is 0 Å². The maximum Gasteiger partial charge on any atom is 0.0769 e. The summed E-state index contributed by atoms with van der Waals surface area (Å²) < 4.78 is 0. The minimum absolute atomic E-state index is 0.963. The van der Waals surface area contributed by atoms with Gasteiger partial charge in [0, 0.05) is 38.8 Å². The standard InChI is InChI=1S/C56H54N4/c1-9-11-19-43-37(7)50-30-48-33(3)35(5)55(59-48)54(56-36(6)34(4)49(60-56)31-51-38(8)44(20-12-10-2)53(58-51)32-52(43)57-50)40-26-23-39(24-27-40)25-28-47-45-21-15-13-17-41(45)29-42-18-14-16-22-46(42)47/h13-18,21-24,26-27,29-32,57-58H,9-12,19-20H2,1-8H3. The number of nitrogens with zero attached hydrogens (tertiary/aromatic N) is 2. The Balaban J connectivity index is 1.29. The second-order valence-electron chi connectivity index (χ2n) is 16.8. The number of allylic oxidation sites excluding steroid dienone is 4. The van der Waals surface area contributed by atoms with Gasteiger partial charge < -0.3 is 9.97 Å². The number of nitrogens with one attached hydrogen (secondary N) is 2. The molecule has 0 unspecified atom stereocenters. The molecule has 298 valence electrons. The highest BCUT2D eigenvalue weighted by Gasteiger charge is 2.25. The van der Waals surface area contributed by atoms with Gasteiger partial charge in [-0.3, -0.25) is 0 Å². The van der Waals surface area contributed by atoms with Crippen LogP contribution in [0.2, 0.25) is 0 Å². The van der Waals surface area contributed by atoms with E-state index in [2.05, 4.69) is 174 Å². The lowest BCUT2D eigenvalue weighted by atomic mass is 9.94. The molecule has 5 heterocycles. The van der Waals surface area contributed by atoms with Crippen molar-refractivity contribution in [2.24, 2.45) is 0 Å². The fourth-order valence-corrected chi connectivity index (χ4v) is 9.13. The molecule has 0 atom stereocenters. The van der Waals surface area contributed by atoms with Crippen molar-refractivity contribution >= 4 is 65.9 Å². The van der Waals surface area contributed by atoms with Crippen LogP contribution in [0.15, 0.2) is 97.1 Å². The van der Waals surface area contributed by atoms with E-state index >= 15 is 0 Å². The van der Waals surface area contributed by atoms with E-state index in [4.69, 9.17) is 9.97 Å². The van der Waals surface area contributed by atoms with Crippen LogP contribution in [0.5, 0.6) is 0 Å². The third-order valence-corrected chi connectivity index (χ3v) is 13.1. The van der Waals surface area contributed by atoms with Crippen molar-refractivity contribution < 1.29 is 0 Å². The van der Waals surface area contributed by atoms with E-state index < -0.39 is 0 Å². The molecule has 2 aliphatic rings. The third kappa shape index (κ3) is 6.87. The lowest BCUT2D eigenvalue weighted by Crippen LogP contribution is -1.93. The first-order chi connectivity index (χ1) is 29.1. The molecular weight excluding hydrogens is 729 g/mol. The van der Waals surface area contributed by atoms with Crippen LogP contribution in [-0.4, -0.2) is 19.9 Å². The Kier molecular flexibility index (Phi) is 10.4. The first-order valence-corrected chi connectivity index (χ1v) is 21.8. The van der Waals surface area contributed by atoms with Crippen LogP contribution in [0, 0.1) is 25.7 Å². The summed E-state index contributed by atoms with van der Waals surface area (Å²) in [6.45, 7) is 17.9. The molecule has 0 saturated heterocycles. The van der Waals surface area contributed by atoms with E-state index in [1.807, 2.05) is 0 Å². The van der Waals surface area contributed by atoms with Crippen LogP contribution in [0.3, 0.4) is 0 Å². The average Bonchev–Trinajstić information content (AvgIpc) is 3.91. The Bertz CT molecular complexity index is 2990. The molecule has 4 nitrogen and oxygen atoms in total. The van der Waals surface area contributed by atoms with E-state index in [0.29, 0.717) is 0 Å². The van der Waals surface area contributed by atoms with Crippen LogP contribution in [0.4, 0.5) is 0 Å². The molecule has 0 radical (unpaired) electrons. The second kappa shape index (κ2) is 16.0. The van der Waals surface area contributed by atoms with Crippen molar-refractivity contribution in [1.29, 1.82) is 0 Å². The molecule has 8 bridgehead atoms. The molecule has 7 aromatic rings. The molecule has 0 spiro atoms. The second-order valence-corrected chi connectivity index (χ2v) is 16.8. The molecule has 0 saturated carbocycles. The van der Waals surface area contributed by atoms with Crippen LogP contribution < -0.4 is 0 Å². The summed E-state index contributed by atoms with van der Waals surface area (Å²) in [6.07, 6.45) is 6.67. The van der Waals surface area contributed by atoms with Crippen molar-refractivity contribution in [2.45, 2.75) is 93.9 Å². The Morgan fingerprint density at radius 1 is 0.500 bits per heavy atom. The predicted molar refractivity (Wildman–Crippen MR) is 257 cm³/mol. The minimum Gasteiger partial charge on any atom is -0.355 e. The number of fused-ring (bicyclic) bond motifs is 10. The average molecular weight is 783 g/mol. The van der Waals surface area contributed by atoms with Gasteiger partial charge in [0.1, 0.15) is 0 Å². The molecule has 4 aromatic carbocycles. The van der Waals surface area contributed by atoms with Gasteiger partial charge in [-0.15, -0.1) is 0 Å². The largest absolute Gasteiger partial charge is 0.355 e. The van der Waals surface area contributed by atoms with E-state index in [-0.39, 0.29) is 0 Å². The van der Waals surface area contributed by atoms with Gasteiger partial charge >= 0.3 is 0 Å². The van der Waals surface area contributed by atoms with Gasteiger partial charge in [-0.1, -0.05) is 99.2 Å². The SMILES string of the molecule is CCCCc1c(C)c2cc3nc(c(-c4ccc(C#Cc5c6ccccc6cc6ccccc56)cc4)c4nc(cc5[nH]c(cc1[nH]2)c(CCCC)c5C)C(C)=C4C)C(C)=C3C. The normalized spacial score (nSPS) is 12.8. The van der Waals surface area contributed by atoms with Gasteiger partial charge in [0.15, 0.2) is 0 Å². The van der Waals surface area contributed by atoms with Crippen LogP contribution in [0.1, 0.15) is 123 Å². The number of unbranched alkanes of at least 4 members (excludes halogenated alkanes) is 2. The smallest absolute Gasteiger partial charge is 0.0769 e. The van der Waals surface area contributed by atoms with Crippen LogP contribution in [-0.2, 0) is 12.8 Å². The number of aromatic amines is 2. The first-order valence-electron chi connectivity index (χ1n) is 21.8. The Morgan fingerprint density at radius 3 is 1.47 bits per heavy atom. The fourth-order valence-electron chi connectivity index (χ4n) is 9.13. The lowest BCUT2D eigenvalue weighted by molar-refractivity contribution is 0.796. The summed E-state index contributed by atoms with van der Waals surface area (Å²) in [5.41, 5.74) is 22.8. The van der Waals surface area contributed by atoms with Crippen molar-refractivity contribution in [3.05, 3.63) is 153 Å². The molecule has 2 N–H and O–H groups in total. The monoisotopic (exact) mass is 782 g/mol. The summed E-state index contributed by atoms with van der Waals surface area (Å²) in [5, 5.41) is 4.75. The number of hydrogen-bond acceptors (Lipinski definition) is 2. The molecule has 60 heavy (non-hydrogen) atoms. The Labute approximate surface area is 354 Å². The van der Waals surface area contributed by atoms with E-state index in [1.165, 1.54) is 77.1 Å². The van der Waals surface area contributed by atoms with Gasteiger partial charge in [0.25, 0.3) is 0 Å². The zero-order valence-electron chi connectivity index (χ0n) is 36.4. The molecule has 9 rings (SSSR count). The Hall–Kier alpha value is -6.44. The molecule has 0 aliphatic carbocycles.